The quantitative estimate of drug-likeness (QED) is 0.411. The largest absolute Gasteiger partial charge is 0.283 e. The predicted molar refractivity (Wildman–Crippen MR) is 109 cm³/mol. The van der Waals surface area contributed by atoms with Gasteiger partial charge in [-0.1, -0.05) is 6.07 Å². The number of nitro benzene ring substituents is 1. The summed E-state index contributed by atoms with van der Waals surface area (Å²) >= 11 is 0. The lowest BCUT2D eigenvalue weighted by atomic mass is 10.1. The van der Waals surface area contributed by atoms with Crippen molar-refractivity contribution in [2.45, 2.75) is 13.8 Å². The molecule has 2 aromatic carbocycles. The van der Waals surface area contributed by atoms with Gasteiger partial charge >= 0.3 is 0 Å². The lowest BCUT2D eigenvalue weighted by Crippen LogP contribution is -2.33. The van der Waals surface area contributed by atoms with Crippen LogP contribution in [0.5, 0.6) is 0 Å². The molecule has 0 atom stereocenters. The fourth-order valence-electron chi connectivity index (χ4n) is 2.95. The number of carbonyl (C=O) groups excluding carboxylic acids is 1. The first-order chi connectivity index (χ1) is 14.3. The fraction of sp³-hybridized carbons (Fsp3) is 0.100. The molecule has 0 radical (unpaired) electrons. The van der Waals surface area contributed by atoms with Crippen LogP contribution in [0.2, 0.25) is 0 Å². The Balaban J connectivity index is 1.65. The van der Waals surface area contributed by atoms with Gasteiger partial charge in [0.25, 0.3) is 17.2 Å². The van der Waals surface area contributed by atoms with Crippen molar-refractivity contribution in [3.8, 4) is 5.69 Å². The van der Waals surface area contributed by atoms with Gasteiger partial charge in [0.15, 0.2) is 5.65 Å². The van der Waals surface area contributed by atoms with Gasteiger partial charge in [0, 0.05) is 17.7 Å². The maximum Gasteiger partial charge on any atom is 0.283 e. The lowest BCUT2D eigenvalue weighted by Gasteiger charge is -2.09. The van der Waals surface area contributed by atoms with Gasteiger partial charge in [-0.3, -0.25) is 25.1 Å². The summed E-state index contributed by atoms with van der Waals surface area (Å²) in [6, 6.07) is 10.8. The second kappa shape index (κ2) is 7.24. The number of hydrogen-bond acceptors (Lipinski definition) is 6. The van der Waals surface area contributed by atoms with Crippen molar-refractivity contribution in [2.75, 3.05) is 5.43 Å². The van der Waals surface area contributed by atoms with E-state index in [0.717, 1.165) is 21.5 Å². The molecule has 30 heavy (non-hydrogen) atoms. The molecule has 4 aromatic rings. The van der Waals surface area contributed by atoms with Crippen molar-refractivity contribution in [3.63, 3.8) is 0 Å². The molecule has 4 rings (SSSR count). The van der Waals surface area contributed by atoms with E-state index in [4.69, 9.17) is 0 Å². The lowest BCUT2D eigenvalue weighted by molar-refractivity contribution is -0.384. The van der Waals surface area contributed by atoms with Gasteiger partial charge in [-0.05, 0) is 49.2 Å². The van der Waals surface area contributed by atoms with E-state index in [1.165, 1.54) is 36.8 Å². The highest BCUT2D eigenvalue weighted by molar-refractivity contribution is 6.00. The van der Waals surface area contributed by atoms with Gasteiger partial charge in [-0.15, -0.1) is 0 Å². The van der Waals surface area contributed by atoms with Crippen LogP contribution in [0.15, 0.2) is 59.8 Å². The molecule has 0 spiro atoms. The van der Waals surface area contributed by atoms with Crippen LogP contribution < -0.4 is 11.0 Å². The molecule has 10 nitrogen and oxygen atoms in total. The molecule has 2 aromatic heterocycles. The average molecular weight is 404 g/mol. The second-order valence-corrected chi connectivity index (χ2v) is 6.73. The van der Waals surface area contributed by atoms with Crippen molar-refractivity contribution in [1.29, 1.82) is 0 Å². The Hall–Kier alpha value is -4.34. The molecule has 150 valence electrons. The number of carbonyl (C=O) groups is 1. The molecule has 0 fully saturated rings. The van der Waals surface area contributed by atoms with Crippen molar-refractivity contribution < 1.29 is 9.72 Å². The standard InChI is InChI=1S/C20H16N6O4/c1-12-3-6-16(9-13(12)2)25-18-17(10-22-25)20(28)24(11-21-18)23-19(27)14-4-7-15(8-5-14)26(29)30/h3-11H,1-2H3,(H,23,27). The molecule has 0 aliphatic rings. The van der Waals surface area contributed by atoms with E-state index >= 15 is 0 Å². The SMILES string of the molecule is Cc1ccc(-n2ncc3c(=O)n(NC(=O)c4ccc([N+](=O)[O-])cc4)cnc32)cc1C. The summed E-state index contributed by atoms with van der Waals surface area (Å²) < 4.78 is 2.52. The van der Waals surface area contributed by atoms with E-state index in [2.05, 4.69) is 15.5 Å². The van der Waals surface area contributed by atoms with E-state index in [0.29, 0.717) is 5.65 Å². The molecule has 10 heteroatoms. The predicted octanol–water partition coefficient (Wildman–Crippen LogP) is 2.49. The minimum Gasteiger partial charge on any atom is -0.267 e. The molecule has 2 heterocycles. The normalized spacial score (nSPS) is 10.9. The van der Waals surface area contributed by atoms with Gasteiger partial charge in [-0.25, -0.2) is 14.3 Å². The number of aromatic nitrogens is 4. The molecule has 0 unspecified atom stereocenters. The van der Waals surface area contributed by atoms with E-state index in [-0.39, 0.29) is 16.6 Å². The maximum atomic E-state index is 12.8. The molecular formula is C20H16N6O4. The van der Waals surface area contributed by atoms with Crippen LogP contribution in [0.25, 0.3) is 16.7 Å². The Labute approximate surface area is 169 Å². The summed E-state index contributed by atoms with van der Waals surface area (Å²) in [6.07, 6.45) is 2.60. The zero-order chi connectivity index (χ0) is 21.4. The summed E-state index contributed by atoms with van der Waals surface area (Å²) in [5, 5.41) is 15.2. The maximum absolute atomic E-state index is 12.8. The summed E-state index contributed by atoms with van der Waals surface area (Å²) in [4.78, 5) is 39.6. The highest BCUT2D eigenvalue weighted by atomic mass is 16.6. The monoisotopic (exact) mass is 404 g/mol. The summed E-state index contributed by atoms with van der Waals surface area (Å²) in [5.74, 6) is -0.602. The third-order valence-electron chi connectivity index (χ3n) is 4.79. The molecule has 1 N–H and O–H groups in total. The number of nitro groups is 1. The number of nitrogens with zero attached hydrogens (tertiary/aromatic N) is 5. The Kier molecular flexibility index (Phi) is 4.59. The van der Waals surface area contributed by atoms with Gasteiger partial charge in [0.2, 0.25) is 0 Å². The number of benzene rings is 2. The van der Waals surface area contributed by atoms with Crippen molar-refractivity contribution in [3.05, 3.63) is 92.1 Å². The van der Waals surface area contributed by atoms with Crippen LogP contribution in [0, 0.1) is 24.0 Å². The minimum absolute atomic E-state index is 0.134. The molecular weight excluding hydrogens is 388 g/mol. The van der Waals surface area contributed by atoms with Crippen LogP contribution in [0.3, 0.4) is 0 Å². The Morgan fingerprint density at radius 1 is 1.10 bits per heavy atom. The van der Waals surface area contributed by atoms with Crippen LogP contribution >= 0.6 is 0 Å². The van der Waals surface area contributed by atoms with E-state index < -0.39 is 16.4 Å². The first kappa shape index (κ1) is 19.0. The molecule has 0 aliphatic carbocycles. The van der Waals surface area contributed by atoms with Gasteiger partial charge in [0.1, 0.15) is 11.7 Å². The molecule has 0 bridgehead atoms. The van der Waals surface area contributed by atoms with Gasteiger partial charge in [0.05, 0.1) is 16.8 Å². The molecule has 0 saturated carbocycles. The zero-order valence-corrected chi connectivity index (χ0v) is 16.1. The topological polar surface area (TPSA) is 125 Å². The minimum atomic E-state index is -0.602. The number of rotatable bonds is 4. The third-order valence-corrected chi connectivity index (χ3v) is 4.79. The smallest absolute Gasteiger partial charge is 0.267 e. The second-order valence-electron chi connectivity index (χ2n) is 6.73. The number of amides is 1. The summed E-state index contributed by atoms with van der Waals surface area (Å²) in [5.41, 5.74) is 5.32. The molecule has 0 saturated heterocycles. The first-order valence-corrected chi connectivity index (χ1v) is 8.94. The number of hydrogen-bond donors (Lipinski definition) is 1. The Morgan fingerprint density at radius 2 is 1.83 bits per heavy atom. The van der Waals surface area contributed by atoms with Crippen molar-refractivity contribution >= 4 is 22.6 Å². The molecule has 0 aliphatic heterocycles. The van der Waals surface area contributed by atoms with Gasteiger partial charge < -0.3 is 0 Å². The Morgan fingerprint density at radius 3 is 2.50 bits per heavy atom. The van der Waals surface area contributed by atoms with Crippen LogP contribution in [0.1, 0.15) is 21.5 Å². The fourth-order valence-corrected chi connectivity index (χ4v) is 2.95. The van der Waals surface area contributed by atoms with Gasteiger partial charge in [-0.2, -0.15) is 5.10 Å². The Bertz CT molecular complexity index is 1350. The first-order valence-electron chi connectivity index (χ1n) is 8.94. The zero-order valence-electron chi connectivity index (χ0n) is 16.1. The summed E-state index contributed by atoms with van der Waals surface area (Å²) in [6.45, 7) is 3.99. The highest BCUT2D eigenvalue weighted by Gasteiger charge is 2.15. The van der Waals surface area contributed by atoms with E-state index in [1.54, 1.807) is 4.68 Å². The van der Waals surface area contributed by atoms with Crippen molar-refractivity contribution in [2.24, 2.45) is 0 Å². The third kappa shape index (κ3) is 3.30. The van der Waals surface area contributed by atoms with Crippen molar-refractivity contribution in [1.82, 2.24) is 19.4 Å². The number of non-ortho nitro benzene ring substituents is 1. The number of aryl methyl sites for hydroxylation is 2. The molecule has 1 amide bonds. The van der Waals surface area contributed by atoms with Crippen LogP contribution in [-0.2, 0) is 0 Å². The highest BCUT2D eigenvalue weighted by Crippen LogP contribution is 2.17. The van der Waals surface area contributed by atoms with E-state index in [1.807, 2.05) is 32.0 Å². The van der Waals surface area contributed by atoms with Crippen LogP contribution in [0.4, 0.5) is 5.69 Å². The van der Waals surface area contributed by atoms with E-state index in [9.17, 15) is 19.7 Å². The number of nitrogens with one attached hydrogen (secondary N) is 1. The average Bonchev–Trinajstić information content (AvgIpc) is 3.17. The number of fused-ring (bicyclic) bond motifs is 1. The summed E-state index contributed by atoms with van der Waals surface area (Å²) in [7, 11) is 0. The van der Waals surface area contributed by atoms with Crippen LogP contribution in [-0.4, -0.2) is 30.3 Å².